The summed E-state index contributed by atoms with van der Waals surface area (Å²) < 4.78 is 28.2. The average molecular weight is 282 g/mol. The lowest BCUT2D eigenvalue weighted by atomic mass is 9.84. The Morgan fingerprint density at radius 3 is 2.55 bits per heavy atom. The molecule has 1 fully saturated rings. The molecule has 2 rings (SSSR count). The van der Waals surface area contributed by atoms with Crippen molar-refractivity contribution < 1.29 is 8.78 Å². The van der Waals surface area contributed by atoms with E-state index in [2.05, 4.69) is 24.1 Å². The number of rotatable bonds is 4. The minimum atomic E-state index is -0.432. The highest BCUT2D eigenvalue weighted by atomic mass is 19.1. The van der Waals surface area contributed by atoms with Crippen LogP contribution in [0.3, 0.4) is 0 Å². The zero-order valence-corrected chi connectivity index (χ0v) is 12.5. The summed E-state index contributed by atoms with van der Waals surface area (Å²) in [5, 5.41) is 3.40. The molecule has 2 nitrogen and oxygen atoms in total. The second kappa shape index (κ2) is 6.64. The molecule has 1 saturated heterocycles. The number of piperidine rings is 1. The Hall–Kier alpha value is -1.00. The fourth-order valence-corrected chi connectivity index (χ4v) is 3.11. The van der Waals surface area contributed by atoms with Crippen molar-refractivity contribution in [3.05, 3.63) is 35.4 Å². The van der Waals surface area contributed by atoms with E-state index in [9.17, 15) is 8.78 Å². The van der Waals surface area contributed by atoms with E-state index in [4.69, 9.17) is 0 Å². The molecule has 4 heteroatoms. The topological polar surface area (TPSA) is 15.3 Å². The summed E-state index contributed by atoms with van der Waals surface area (Å²) in [5.74, 6) is -0.626. The Balaban J connectivity index is 2.27. The summed E-state index contributed by atoms with van der Waals surface area (Å²) in [4.78, 5) is 2.08. The van der Waals surface area contributed by atoms with Gasteiger partial charge < -0.3 is 5.32 Å². The van der Waals surface area contributed by atoms with E-state index in [0.29, 0.717) is 6.04 Å². The minimum Gasteiger partial charge on any atom is -0.314 e. The van der Waals surface area contributed by atoms with Crippen molar-refractivity contribution >= 4 is 0 Å². The van der Waals surface area contributed by atoms with Gasteiger partial charge in [-0.1, -0.05) is 19.9 Å². The van der Waals surface area contributed by atoms with E-state index in [1.165, 1.54) is 18.2 Å². The molecule has 20 heavy (non-hydrogen) atoms. The van der Waals surface area contributed by atoms with Crippen LogP contribution in [0.25, 0.3) is 0 Å². The van der Waals surface area contributed by atoms with Gasteiger partial charge in [-0.25, -0.2) is 8.78 Å². The summed E-state index contributed by atoms with van der Waals surface area (Å²) in [6, 6.07) is 4.34. The molecule has 0 saturated carbocycles. The van der Waals surface area contributed by atoms with Crippen molar-refractivity contribution in [1.82, 2.24) is 10.2 Å². The summed E-state index contributed by atoms with van der Waals surface area (Å²) in [6.45, 7) is 5.85. The van der Waals surface area contributed by atoms with Gasteiger partial charge in [0.15, 0.2) is 0 Å². The number of hydrogen-bond donors (Lipinski definition) is 1. The van der Waals surface area contributed by atoms with E-state index >= 15 is 0 Å². The van der Waals surface area contributed by atoms with Gasteiger partial charge in [-0.2, -0.15) is 0 Å². The van der Waals surface area contributed by atoms with Crippen LogP contribution >= 0.6 is 0 Å². The molecule has 1 aromatic carbocycles. The zero-order valence-electron chi connectivity index (χ0n) is 12.5. The van der Waals surface area contributed by atoms with Gasteiger partial charge in [-0.15, -0.1) is 0 Å². The minimum absolute atomic E-state index is 0.184. The second-order valence-electron chi connectivity index (χ2n) is 6.03. The largest absolute Gasteiger partial charge is 0.314 e. The van der Waals surface area contributed by atoms with E-state index in [1.54, 1.807) is 0 Å². The van der Waals surface area contributed by atoms with Crippen molar-refractivity contribution in [2.75, 3.05) is 20.1 Å². The maximum atomic E-state index is 14.1. The van der Waals surface area contributed by atoms with Crippen LogP contribution in [0.2, 0.25) is 0 Å². The zero-order chi connectivity index (χ0) is 14.7. The lowest BCUT2D eigenvalue weighted by Gasteiger charge is -2.40. The van der Waals surface area contributed by atoms with Gasteiger partial charge >= 0.3 is 0 Å². The van der Waals surface area contributed by atoms with Crippen LogP contribution < -0.4 is 5.32 Å². The molecule has 1 aliphatic rings. The Morgan fingerprint density at radius 1 is 1.30 bits per heavy atom. The van der Waals surface area contributed by atoms with Gasteiger partial charge in [-0.05, 0) is 44.5 Å². The number of benzene rings is 1. The van der Waals surface area contributed by atoms with Gasteiger partial charge in [0.2, 0.25) is 0 Å². The molecule has 0 aromatic heterocycles. The number of halogens is 2. The molecule has 1 aliphatic heterocycles. The fraction of sp³-hybridized carbons (Fsp3) is 0.625. The third-order valence-electron chi connectivity index (χ3n) is 4.09. The van der Waals surface area contributed by atoms with Crippen LogP contribution in [0.15, 0.2) is 18.2 Å². The first kappa shape index (κ1) is 15.4. The Kier molecular flexibility index (Phi) is 5.11. The number of likely N-dealkylation sites (tertiary alicyclic amines) is 1. The monoisotopic (exact) mass is 282 g/mol. The lowest BCUT2D eigenvalue weighted by Crippen LogP contribution is -2.42. The van der Waals surface area contributed by atoms with Crippen LogP contribution in [0.1, 0.15) is 38.3 Å². The Bertz CT molecular complexity index is 428. The van der Waals surface area contributed by atoms with Crippen LogP contribution in [-0.4, -0.2) is 31.1 Å². The van der Waals surface area contributed by atoms with Crippen LogP contribution in [0.5, 0.6) is 0 Å². The molecule has 2 unspecified atom stereocenters. The van der Waals surface area contributed by atoms with Crippen molar-refractivity contribution in [2.24, 2.45) is 5.92 Å². The van der Waals surface area contributed by atoms with E-state index in [0.717, 1.165) is 25.9 Å². The highest BCUT2D eigenvalue weighted by Gasteiger charge is 2.34. The summed E-state index contributed by atoms with van der Waals surface area (Å²) >= 11 is 0. The van der Waals surface area contributed by atoms with Gasteiger partial charge in [0.1, 0.15) is 11.6 Å². The van der Waals surface area contributed by atoms with Gasteiger partial charge in [-0.3, -0.25) is 4.90 Å². The summed E-state index contributed by atoms with van der Waals surface area (Å²) in [7, 11) is 1.96. The molecule has 1 heterocycles. The van der Waals surface area contributed by atoms with Crippen molar-refractivity contribution in [3.8, 4) is 0 Å². The maximum absolute atomic E-state index is 14.1. The third-order valence-corrected chi connectivity index (χ3v) is 4.09. The SMILES string of the molecule is CC(C)NCC1CCCN(C)C1c1c(F)cccc1F. The molecule has 1 aromatic rings. The first-order chi connectivity index (χ1) is 9.50. The third kappa shape index (κ3) is 3.36. The van der Waals surface area contributed by atoms with Crippen LogP contribution in [0, 0.1) is 17.6 Å². The first-order valence-electron chi connectivity index (χ1n) is 7.38. The van der Waals surface area contributed by atoms with Gasteiger partial charge in [0, 0.05) is 24.2 Å². The van der Waals surface area contributed by atoms with E-state index in [-0.39, 0.29) is 17.5 Å². The standard InChI is InChI=1S/C16H24F2N2/c1-11(2)19-10-12-6-5-9-20(3)16(12)15-13(17)7-4-8-14(15)18/h4,7-8,11-12,16,19H,5-6,9-10H2,1-3H3. The number of hydrogen-bond acceptors (Lipinski definition) is 2. The van der Waals surface area contributed by atoms with Crippen molar-refractivity contribution in [2.45, 2.75) is 38.8 Å². The number of nitrogens with zero attached hydrogens (tertiary/aromatic N) is 1. The maximum Gasteiger partial charge on any atom is 0.130 e. The fourth-order valence-electron chi connectivity index (χ4n) is 3.11. The van der Waals surface area contributed by atoms with Gasteiger partial charge in [0.25, 0.3) is 0 Å². The second-order valence-corrected chi connectivity index (χ2v) is 6.03. The molecular formula is C16H24F2N2. The molecule has 1 N–H and O–H groups in total. The highest BCUT2D eigenvalue weighted by molar-refractivity contribution is 5.24. The predicted octanol–water partition coefficient (Wildman–Crippen LogP) is 3.35. The molecule has 0 amide bonds. The quantitative estimate of drug-likeness (QED) is 0.911. The Morgan fingerprint density at radius 2 is 1.95 bits per heavy atom. The van der Waals surface area contributed by atoms with Crippen LogP contribution in [-0.2, 0) is 0 Å². The molecular weight excluding hydrogens is 258 g/mol. The highest BCUT2D eigenvalue weighted by Crippen LogP contribution is 2.37. The molecule has 0 aliphatic carbocycles. The van der Waals surface area contributed by atoms with Crippen molar-refractivity contribution in [3.63, 3.8) is 0 Å². The summed E-state index contributed by atoms with van der Waals surface area (Å²) in [5.41, 5.74) is 0.227. The van der Waals surface area contributed by atoms with Gasteiger partial charge in [0.05, 0.1) is 0 Å². The normalized spacial score (nSPS) is 24.3. The van der Waals surface area contributed by atoms with E-state index < -0.39 is 11.6 Å². The molecule has 0 radical (unpaired) electrons. The predicted molar refractivity (Wildman–Crippen MR) is 77.6 cm³/mol. The first-order valence-corrected chi connectivity index (χ1v) is 7.38. The van der Waals surface area contributed by atoms with Crippen molar-refractivity contribution in [1.29, 1.82) is 0 Å². The van der Waals surface area contributed by atoms with Crippen LogP contribution in [0.4, 0.5) is 8.78 Å². The smallest absolute Gasteiger partial charge is 0.130 e. The summed E-state index contributed by atoms with van der Waals surface area (Å²) in [6.07, 6.45) is 2.08. The average Bonchev–Trinajstić information content (AvgIpc) is 2.38. The molecule has 0 bridgehead atoms. The number of nitrogens with one attached hydrogen (secondary N) is 1. The molecule has 0 spiro atoms. The van der Waals surface area contributed by atoms with E-state index in [1.807, 2.05) is 7.05 Å². The molecule has 112 valence electrons. The molecule has 2 atom stereocenters. The Labute approximate surface area is 120 Å². The lowest BCUT2D eigenvalue weighted by molar-refractivity contribution is 0.112.